The molecule has 0 fully saturated rings. The summed E-state index contributed by atoms with van der Waals surface area (Å²) in [6.07, 6.45) is 1.61. The standard InChI is InChI=1S/C16H17N3O/c1-11-3-4-16(15(7-11)12(2)18)20-10-13-5-6-19-14(8-13)9-17/h3-8,12H,10,18H2,1-2H3/t12-/m1/s1. The van der Waals surface area contributed by atoms with Crippen molar-refractivity contribution < 1.29 is 4.74 Å². The lowest BCUT2D eigenvalue weighted by Gasteiger charge is -2.15. The first-order chi connectivity index (χ1) is 9.60. The average Bonchev–Trinajstić information content (AvgIpc) is 2.46. The number of nitrogens with zero attached hydrogens (tertiary/aromatic N) is 2. The SMILES string of the molecule is Cc1ccc(OCc2ccnc(C#N)c2)c([C@@H](C)N)c1. The predicted octanol–water partition coefficient (Wildman–Crippen LogP) is 2.86. The Morgan fingerprint density at radius 1 is 1.35 bits per heavy atom. The lowest BCUT2D eigenvalue weighted by molar-refractivity contribution is 0.301. The highest BCUT2D eigenvalue weighted by Crippen LogP contribution is 2.25. The van der Waals surface area contributed by atoms with Crippen molar-refractivity contribution in [3.05, 3.63) is 58.9 Å². The number of benzene rings is 1. The Kier molecular flexibility index (Phi) is 4.34. The smallest absolute Gasteiger partial charge is 0.140 e. The second-order valence-electron chi connectivity index (χ2n) is 4.78. The van der Waals surface area contributed by atoms with Crippen LogP contribution in [0.25, 0.3) is 0 Å². The fraction of sp³-hybridized carbons (Fsp3) is 0.250. The minimum atomic E-state index is -0.0861. The highest BCUT2D eigenvalue weighted by molar-refractivity contribution is 5.39. The summed E-state index contributed by atoms with van der Waals surface area (Å²) in [4.78, 5) is 3.93. The number of nitriles is 1. The summed E-state index contributed by atoms with van der Waals surface area (Å²) in [5.74, 6) is 0.779. The third-order valence-electron chi connectivity index (χ3n) is 2.99. The molecule has 1 atom stereocenters. The highest BCUT2D eigenvalue weighted by atomic mass is 16.5. The van der Waals surface area contributed by atoms with Gasteiger partial charge in [0.05, 0.1) is 0 Å². The number of aryl methyl sites for hydroxylation is 1. The Balaban J connectivity index is 2.16. The van der Waals surface area contributed by atoms with Crippen LogP contribution >= 0.6 is 0 Å². The fourth-order valence-corrected chi connectivity index (χ4v) is 1.94. The van der Waals surface area contributed by atoms with E-state index in [1.807, 2.05) is 44.2 Å². The van der Waals surface area contributed by atoms with Gasteiger partial charge in [-0.2, -0.15) is 5.26 Å². The molecule has 4 heteroatoms. The Labute approximate surface area is 118 Å². The molecule has 2 aromatic rings. The van der Waals surface area contributed by atoms with Crippen LogP contribution in [0.3, 0.4) is 0 Å². The van der Waals surface area contributed by atoms with E-state index in [-0.39, 0.29) is 6.04 Å². The number of hydrogen-bond donors (Lipinski definition) is 1. The van der Waals surface area contributed by atoms with Gasteiger partial charge in [-0.15, -0.1) is 0 Å². The summed E-state index contributed by atoms with van der Waals surface area (Å²) in [5, 5.41) is 8.82. The van der Waals surface area contributed by atoms with Gasteiger partial charge >= 0.3 is 0 Å². The van der Waals surface area contributed by atoms with Crippen molar-refractivity contribution in [3.63, 3.8) is 0 Å². The number of nitrogens with two attached hydrogens (primary N) is 1. The van der Waals surface area contributed by atoms with Crippen LogP contribution in [-0.4, -0.2) is 4.98 Å². The number of aromatic nitrogens is 1. The topological polar surface area (TPSA) is 71.9 Å². The van der Waals surface area contributed by atoms with Gasteiger partial charge in [0, 0.05) is 17.8 Å². The van der Waals surface area contributed by atoms with Gasteiger partial charge < -0.3 is 10.5 Å². The number of hydrogen-bond acceptors (Lipinski definition) is 4. The predicted molar refractivity (Wildman–Crippen MR) is 77.1 cm³/mol. The monoisotopic (exact) mass is 267 g/mol. The van der Waals surface area contributed by atoms with Gasteiger partial charge in [-0.1, -0.05) is 17.7 Å². The number of rotatable bonds is 4. The van der Waals surface area contributed by atoms with E-state index in [0.29, 0.717) is 12.3 Å². The zero-order chi connectivity index (χ0) is 14.5. The van der Waals surface area contributed by atoms with Crippen molar-refractivity contribution in [1.82, 2.24) is 4.98 Å². The molecule has 2 rings (SSSR count). The highest BCUT2D eigenvalue weighted by Gasteiger charge is 2.09. The fourth-order valence-electron chi connectivity index (χ4n) is 1.94. The number of pyridine rings is 1. The molecule has 0 radical (unpaired) electrons. The molecule has 0 aliphatic carbocycles. The molecule has 0 amide bonds. The van der Waals surface area contributed by atoms with Crippen molar-refractivity contribution in [3.8, 4) is 11.8 Å². The second-order valence-corrected chi connectivity index (χ2v) is 4.78. The molecule has 2 N–H and O–H groups in total. The van der Waals surface area contributed by atoms with Gasteiger partial charge in [0.25, 0.3) is 0 Å². The molecule has 1 aromatic heterocycles. The van der Waals surface area contributed by atoms with Gasteiger partial charge in [-0.25, -0.2) is 4.98 Å². The van der Waals surface area contributed by atoms with Crippen LogP contribution in [0.5, 0.6) is 5.75 Å². The third kappa shape index (κ3) is 3.34. The van der Waals surface area contributed by atoms with Crippen molar-refractivity contribution >= 4 is 0 Å². The van der Waals surface area contributed by atoms with E-state index in [2.05, 4.69) is 4.98 Å². The van der Waals surface area contributed by atoms with Crippen molar-refractivity contribution in [2.24, 2.45) is 5.73 Å². The van der Waals surface area contributed by atoms with E-state index in [9.17, 15) is 0 Å². The minimum Gasteiger partial charge on any atom is -0.489 e. The van der Waals surface area contributed by atoms with E-state index < -0.39 is 0 Å². The van der Waals surface area contributed by atoms with Crippen molar-refractivity contribution in [2.45, 2.75) is 26.5 Å². The zero-order valence-corrected chi connectivity index (χ0v) is 11.6. The summed E-state index contributed by atoms with van der Waals surface area (Å²) in [5.41, 5.74) is 9.40. The number of ether oxygens (including phenoxy) is 1. The average molecular weight is 267 g/mol. The summed E-state index contributed by atoms with van der Waals surface area (Å²) in [6, 6.07) is 11.4. The molecule has 4 nitrogen and oxygen atoms in total. The Hall–Kier alpha value is -2.38. The largest absolute Gasteiger partial charge is 0.489 e. The van der Waals surface area contributed by atoms with Gasteiger partial charge in [-0.05, 0) is 37.6 Å². The molecule has 102 valence electrons. The molecule has 0 aliphatic rings. The summed E-state index contributed by atoms with van der Waals surface area (Å²) in [7, 11) is 0. The lowest BCUT2D eigenvalue weighted by atomic mass is 10.1. The molecule has 20 heavy (non-hydrogen) atoms. The van der Waals surface area contributed by atoms with Gasteiger partial charge in [0.1, 0.15) is 24.1 Å². The summed E-state index contributed by atoms with van der Waals surface area (Å²) in [6.45, 7) is 4.35. The molecule has 0 bridgehead atoms. The van der Waals surface area contributed by atoms with E-state index in [4.69, 9.17) is 15.7 Å². The van der Waals surface area contributed by atoms with E-state index >= 15 is 0 Å². The molecule has 1 aromatic carbocycles. The quantitative estimate of drug-likeness (QED) is 0.924. The normalized spacial score (nSPS) is 11.7. The van der Waals surface area contributed by atoms with Gasteiger partial charge in [-0.3, -0.25) is 0 Å². The maximum Gasteiger partial charge on any atom is 0.140 e. The van der Waals surface area contributed by atoms with Crippen LogP contribution < -0.4 is 10.5 Å². The Morgan fingerprint density at radius 2 is 2.15 bits per heavy atom. The van der Waals surface area contributed by atoms with E-state index in [0.717, 1.165) is 22.4 Å². The molecule has 0 aliphatic heterocycles. The van der Waals surface area contributed by atoms with Crippen LogP contribution in [-0.2, 0) is 6.61 Å². The first-order valence-electron chi connectivity index (χ1n) is 6.44. The maximum atomic E-state index is 8.82. The Morgan fingerprint density at radius 3 is 2.85 bits per heavy atom. The molecular formula is C16H17N3O. The van der Waals surface area contributed by atoms with Crippen molar-refractivity contribution in [2.75, 3.05) is 0 Å². The summed E-state index contributed by atoms with van der Waals surface area (Å²) >= 11 is 0. The first kappa shape index (κ1) is 14.0. The minimum absolute atomic E-state index is 0.0861. The molecule has 0 unspecified atom stereocenters. The molecule has 1 heterocycles. The Bertz CT molecular complexity index is 644. The molecule has 0 saturated heterocycles. The van der Waals surface area contributed by atoms with Crippen LogP contribution in [0.2, 0.25) is 0 Å². The molecular weight excluding hydrogens is 250 g/mol. The second kappa shape index (κ2) is 6.18. The molecule has 0 saturated carbocycles. The van der Waals surface area contributed by atoms with Crippen LogP contribution in [0.15, 0.2) is 36.5 Å². The zero-order valence-electron chi connectivity index (χ0n) is 11.6. The van der Waals surface area contributed by atoms with Crippen LogP contribution in [0, 0.1) is 18.3 Å². The maximum absolute atomic E-state index is 8.82. The lowest BCUT2D eigenvalue weighted by Crippen LogP contribution is -2.08. The van der Waals surface area contributed by atoms with E-state index in [1.165, 1.54) is 0 Å². The van der Waals surface area contributed by atoms with Crippen LogP contribution in [0.4, 0.5) is 0 Å². The van der Waals surface area contributed by atoms with Crippen LogP contribution in [0.1, 0.15) is 35.3 Å². The summed E-state index contributed by atoms with van der Waals surface area (Å²) < 4.78 is 5.82. The molecule has 0 spiro atoms. The third-order valence-corrected chi connectivity index (χ3v) is 2.99. The van der Waals surface area contributed by atoms with Gasteiger partial charge in [0.2, 0.25) is 0 Å². The first-order valence-corrected chi connectivity index (χ1v) is 6.44. The van der Waals surface area contributed by atoms with Crippen molar-refractivity contribution in [1.29, 1.82) is 5.26 Å². The van der Waals surface area contributed by atoms with Gasteiger partial charge in [0.15, 0.2) is 0 Å². The van der Waals surface area contributed by atoms with E-state index in [1.54, 1.807) is 12.3 Å².